The van der Waals surface area contributed by atoms with Crippen LogP contribution in [-0.2, 0) is 4.79 Å². The van der Waals surface area contributed by atoms with Crippen LogP contribution in [0.5, 0.6) is 0 Å². The number of aliphatic hydroxyl groups is 1. The minimum Gasteiger partial charge on any atom is -0.387 e. The van der Waals surface area contributed by atoms with Crippen molar-refractivity contribution in [2.24, 2.45) is 0 Å². The van der Waals surface area contributed by atoms with Crippen LogP contribution >= 0.6 is 11.6 Å². The number of nitrogens with zero attached hydrogens (tertiary/aromatic N) is 1. The zero-order chi connectivity index (χ0) is 14.0. The van der Waals surface area contributed by atoms with Gasteiger partial charge in [0.1, 0.15) is 5.82 Å². The van der Waals surface area contributed by atoms with Gasteiger partial charge in [0.2, 0.25) is 5.91 Å². The number of rotatable bonds is 4. The standard InChI is InChI=1S/C13H16ClFN2O2/c1-2-13(19)7-17(8-13)6-12(18)16-9-3-4-11(15)10(14)5-9/h3-5,19H,2,6-8H2,1H3,(H,16,18). The van der Waals surface area contributed by atoms with Gasteiger partial charge in [-0.2, -0.15) is 0 Å². The largest absolute Gasteiger partial charge is 0.387 e. The minimum absolute atomic E-state index is 0.0258. The summed E-state index contributed by atoms with van der Waals surface area (Å²) in [5, 5.41) is 12.4. The van der Waals surface area contributed by atoms with Gasteiger partial charge in [0.25, 0.3) is 0 Å². The first-order valence-corrected chi connectivity index (χ1v) is 6.49. The van der Waals surface area contributed by atoms with Gasteiger partial charge in [-0.1, -0.05) is 18.5 Å². The van der Waals surface area contributed by atoms with Crippen LogP contribution in [0.25, 0.3) is 0 Å². The second-order valence-corrected chi connectivity index (χ2v) is 5.31. The fourth-order valence-corrected chi connectivity index (χ4v) is 2.28. The second-order valence-electron chi connectivity index (χ2n) is 4.90. The molecule has 0 radical (unpaired) electrons. The van der Waals surface area contributed by atoms with Crippen molar-refractivity contribution >= 4 is 23.2 Å². The van der Waals surface area contributed by atoms with E-state index in [9.17, 15) is 14.3 Å². The van der Waals surface area contributed by atoms with E-state index < -0.39 is 11.4 Å². The molecule has 0 aromatic heterocycles. The number of hydrogen-bond donors (Lipinski definition) is 2. The quantitative estimate of drug-likeness (QED) is 0.888. The Morgan fingerprint density at radius 1 is 1.58 bits per heavy atom. The molecule has 1 heterocycles. The average Bonchev–Trinajstić information content (AvgIpc) is 2.31. The molecule has 1 aromatic carbocycles. The molecule has 1 fully saturated rings. The molecular weight excluding hydrogens is 271 g/mol. The van der Waals surface area contributed by atoms with Gasteiger partial charge in [-0.05, 0) is 24.6 Å². The van der Waals surface area contributed by atoms with Crippen LogP contribution in [0.15, 0.2) is 18.2 Å². The van der Waals surface area contributed by atoms with Gasteiger partial charge in [-0.25, -0.2) is 4.39 Å². The molecule has 0 spiro atoms. The molecule has 1 amide bonds. The highest BCUT2D eigenvalue weighted by molar-refractivity contribution is 6.31. The monoisotopic (exact) mass is 286 g/mol. The first kappa shape index (κ1) is 14.2. The lowest BCUT2D eigenvalue weighted by atomic mass is 9.91. The Bertz CT molecular complexity index is 490. The van der Waals surface area contributed by atoms with Crippen LogP contribution in [0.4, 0.5) is 10.1 Å². The summed E-state index contributed by atoms with van der Waals surface area (Å²) in [6.45, 7) is 3.12. The van der Waals surface area contributed by atoms with Crippen molar-refractivity contribution < 1.29 is 14.3 Å². The lowest BCUT2D eigenvalue weighted by Gasteiger charge is -2.45. The number of amides is 1. The van der Waals surface area contributed by atoms with E-state index in [0.29, 0.717) is 25.2 Å². The maximum Gasteiger partial charge on any atom is 0.238 e. The van der Waals surface area contributed by atoms with Crippen LogP contribution in [0.2, 0.25) is 5.02 Å². The SMILES string of the molecule is CCC1(O)CN(CC(=O)Nc2ccc(F)c(Cl)c2)C1. The molecule has 1 aliphatic heterocycles. The summed E-state index contributed by atoms with van der Waals surface area (Å²) in [6.07, 6.45) is 0.679. The zero-order valence-corrected chi connectivity index (χ0v) is 11.4. The van der Waals surface area contributed by atoms with Crippen molar-refractivity contribution in [3.63, 3.8) is 0 Å². The number of anilines is 1. The lowest BCUT2D eigenvalue weighted by Crippen LogP contribution is -2.62. The Hall–Kier alpha value is -1.17. The molecule has 6 heteroatoms. The Balaban J connectivity index is 1.84. The smallest absolute Gasteiger partial charge is 0.238 e. The summed E-state index contributed by atoms with van der Waals surface area (Å²) in [4.78, 5) is 13.6. The maximum atomic E-state index is 13.0. The maximum absolute atomic E-state index is 13.0. The van der Waals surface area contributed by atoms with Gasteiger partial charge in [-0.3, -0.25) is 9.69 Å². The highest BCUT2D eigenvalue weighted by Gasteiger charge is 2.39. The topological polar surface area (TPSA) is 52.6 Å². The van der Waals surface area contributed by atoms with Crippen LogP contribution in [0.3, 0.4) is 0 Å². The third kappa shape index (κ3) is 3.43. The van der Waals surface area contributed by atoms with Gasteiger partial charge in [0.05, 0.1) is 17.2 Å². The molecule has 1 aliphatic rings. The molecule has 2 rings (SSSR count). The molecule has 0 atom stereocenters. The van der Waals surface area contributed by atoms with E-state index in [2.05, 4.69) is 5.32 Å². The zero-order valence-electron chi connectivity index (χ0n) is 10.6. The predicted molar refractivity (Wildman–Crippen MR) is 71.7 cm³/mol. The van der Waals surface area contributed by atoms with Crippen molar-refractivity contribution in [3.8, 4) is 0 Å². The summed E-state index contributed by atoms with van der Waals surface area (Å²) in [5.74, 6) is -0.726. The molecule has 0 unspecified atom stereocenters. The van der Waals surface area contributed by atoms with Crippen LogP contribution in [-0.4, -0.2) is 41.1 Å². The molecular formula is C13H16ClFN2O2. The van der Waals surface area contributed by atoms with Crippen molar-refractivity contribution in [1.82, 2.24) is 4.90 Å². The Labute approximate surface area is 116 Å². The lowest BCUT2D eigenvalue weighted by molar-refractivity contribution is -0.128. The summed E-state index contributed by atoms with van der Waals surface area (Å²) < 4.78 is 13.0. The van der Waals surface area contributed by atoms with Crippen LogP contribution < -0.4 is 5.32 Å². The van der Waals surface area contributed by atoms with E-state index in [4.69, 9.17) is 11.6 Å². The number of halogens is 2. The van der Waals surface area contributed by atoms with Crippen molar-refractivity contribution in [2.45, 2.75) is 18.9 Å². The van der Waals surface area contributed by atoms with E-state index in [1.807, 2.05) is 11.8 Å². The summed E-state index contributed by atoms with van der Waals surface area (Å²) in [5.41, 5.74) is -0.192. The van der Waals surface area contributed by atoms with Crippen LogP contribution in [0, 0.1) is 5.82 Å². The Morgan fingerprint density at radius 3 is 2.84 bits per heavy atom. The number of likely N-dealkylation sites (tertiary alicyclic amines) is 1. The fraction of sp³-hybridized carbons (Fsp3) is 0.462. The number of carbonyl (C=O) groups is 1. The van der Waals surface area contributed by atoms with E-state index in [-0.39, 0.29) is 17.5 Å². The molecule has 19 heavy (non-hydrogen) atoms. The molecule has 0 saturated carbocycles. The third-order valence-corrected chi connectivity index (χ3v) is 3.55. The number of nitrogens with one attached hydrogen (secondary N) is 1. The molecule has 1 saturated heterocycles. The number of benzene rings is 1. The van der Waals surface area contributed by atoms with Crippen molar-refractivity contribution in [1.29, 1.82) is 0 Å². The highest BCUT2D eigenvalue weighted by Crippen LogP contribution is 2.24. The van der Waals surface area contributed by atoms with E-state index in [1.165, 1.54) is 18.2 Å². The van der Waals surface area contributed by atoms with Crippen molar-refractivity contribution in [2.75, 3.05) is 25.0 Å². The summed E-state index contributed by atoms with van der Waals surface area (Å²) in [7, 11) is 0. The van der Waals surface area contributed by atoms with E-state index in [0.717, 1.165) is 0 Å². The summed E-state index contributed by atoms with van der Waals surface area (Å²) >= 11 is 5.63. The van der Waals surface area contributed by atoms with Gasteiger partial charge in [-0.15, -0.1) is 0 Å². The first-order chi connectivity index (χ1) is 8.92. The Kier molecular flexibility index (Phi) is 4.08. The highest BCUT2D eigenvalue weighted by atomic mass is 35.5. The van der Waals surface area contributed by atoms with Gasteiger partial charge >= 0.3 is 0 Å². The number of hydrogen-bond acceptors (Lipinski definition) is 3. The fourth-order valence-electron chi connectivity index (χ4n) is 2.10. The minimum atomic E-state index is -0.653. The normalized spacial score (nSPS) is 17.9. The Morgan fingerprint density at radius 2 is 2.26 bits per heavy atom. The molecule has 2 N–H and O–H groups in total. The molecule has 104 valence electrons. The van der Waals surface area contributed by atoms with Crippen molar-refractivity contribution in [3.05, 3.63) is 29.0 Å². The predicted octanol–water partition coefficient (Wildman–Crippen LogP) is 1.87. The van der Waals surface area contributed by atoms with Crippen LogP contribution in [0.1, 0.15) is 13.3 Å². The first-order valence-electron chi connectivity index (χ1n) is 6.11. The number of carbonyl (C=O) groups excluding carboxylic acids is 1. The van der Waals surface area contributed by atoms with Gasteiger partial charge in [0, 0.05) is 18.8 Å². The van der Waals surface area contributed by atoms with Gasteiger partial charge < -0.3 is 10.4 Å². The molecule has 0 bridgehead atoms. The van der Waals surface area contributed by atoms with E-state index in [1.54, 1.807) is 0 Å². The number of β-amino-alcohol motifs (C(OH)–C–C–N with tert-alkyl or cyclic N) is 1. The van der Waals surface area contributed by atoms with Gasteiger partial charge in [0.15, 0.2) is 0 Å². The average molecular weight is 287 g/mol. The third-order valence-electron chi connectivity index (χ3n) is 3.26. The second kappa shape index (κ2) is 5.45. The molecule has 0 aliphatic carbocycles. The molecule has 4 nitrogen and oxygen atoms in total. The van der Waals surface area contributed by atoms with E-state index >= 15 is 0 Å². The summed E-state index contributed by atoms with van der Waals surface area (Å²) in [6, 6.07) is 4.03. The molecule has 1 aromatic rings.